The molecule has 1 aromatic heterocycles. The highest BCUT2D eigenvalue weighted by molar-refractivity contribution is 6.06. The average molecular weight is 324 g/mol. The van der Waals surface area contributed by atoms with E-state index < -0.39 is 5.97 Å². The second kappa shape index (κ2) is 6.45. The molecular formula is C18H16N2O4. The van der Waals surface area contributed by atoms with Gasteiger partial charge in [0.05, 0.1) is 19.8 Å². The largest absolute Gasteiger partial charge is 0.497 e. The lowest BCUT2D eigenvalue weighted by Gasteiger charge is -2.05. The van der Waals surface area contributed by atoms with E-state index in [1.807, 2.05) is 18.2 Å². The third-order valence-electron chi connectivity index (χ3n) is 3.62. The van der Waals surface area contributed by atoms with Crippen molar-refractivity contribution in [3.05, 3.63) is 59.8 Å². The number of H-pyrrole nitrogens is 1. The fraction of sp³-hybridized carbons (Fsp3) is 0.111. The number of fused-ring (bicyclic) bond motifs is 1. The van der Waals surface area contributed by atoms with Crippen molar-refractivity contribution in [1.82, 2.24) is 4.98 Å². The minimum Gasteiger partial charge on any atom is -0.497 e. The molecule has 0 aliphatic heterocycles. The fourth-order valence-corrected chi connectivity index (χ4v) is 2.40. The summed E-state index contributed by atoms with van der Waals surface area (Å²) in [7, 11) is 2.90. The lowest BCUT2D eigenvalue weighted by atomic mass is 10.2. The highest BCUT2D eigenvalue weighted by Gasteiger charge is 2.12. The monoisotopic (exact) mass is 324 g/mol. The Kier molecular flexibility index (Phi) is 4.20. The van der Waals surface area contributed by atoms with Crippen LogP contribution in [-0.2, 0) is 4.74 Å². The summed E-state index contributed by atoms with van der Waals surface area (Å²) >= 11 is 0. The van der Waals surface area contributed by atoms with Crippen molar-refractivity contribution in [2.75, 3.05) is 19.5 Å². The first kappa shape index (κ1) is 15.6. The number of rotatable bonds is 4. The topological polar surface area (TPSA) is 80.4 Å². The first-order valence-electron chi connectivity index (χ1n) is 7.27. The maximum absolute atomic E-state index is 12.4. The number of carbonyl (C=O) groups is 2. The van der Waals surface area contributed by atoms with Crippen LogP contribution in [0.5, 0.6) is 5.75 Å². The van der Waals surface area contributed by atoms with Gasteiger partial charge in [-0.15, -0.1) is 0 Å². The predicted octanol–water partition coefficient (Wildman–Crippen LogP) is 3.22. The molecule has 0 spiro atoms. The van der Waals surface area contributed by atoms with Crippen LogP contribution in [0.15, 0.2) is 48.5 Å². The Morgan fingerprint density at radius 2 is 1.88 bits per heavy atom. The van der Waals surface area contributed by atoms with Gasteiger partial charge in [-0.1, -0.05) is 6.07 Å². The standard InChI is InChI=1S/C18H16N2O4/c1-23-14-7-6-11-9-16(20-15(11)10-14)17(21)19-13-5-3-4-12(8-13)18(22)24-2/h3-10,20H,1-2H3,(H,19,21). The van der Waals surface area contributed by atoms with E-state index in [0.29, 0.717) is 22.7 Å². The van der Waals surface area contributed by atoms with E-state index in [4.69, 9.17) is 4.74 Å². The van der Waals surface area contributed by atoms with Gasteiger partial charge in [-0.25, -0.2) is 4.79 Å². The number of anilines is 1. The van der Waals surface area contributed by atoms with Crippen LogP contribution in [0.25, 0.3) is 10.9 Å². The number of methoxy groups -OCH3 is 2. The second-order valence-electron chi connectivity index (χ2n) is 5.16. The Hall–Kier alpha value is -3.28. The van der Waals surface area contributed by atoms with Crippen LogP contribution in [0.1, 0.15) is 20.8 Å². The van der Waals surface area contributed by atoms with E-state index in [-0.39, 0.29) is 5.91 Å². The highest BCUT2D eigenvalue weighted by atomic mass is 16.5. The van der Waals surface area contributed by atoms with Crippen molar-refractivity contribution in [3.63, 3.8) is 0 Å². The molecule has 2 N–H and O–H groups in total. The summed E-state index contributed by atoms with van der Waals surface area (Å²) in [4.78, 5) is 27.0. The van der Waals surface area contributed by atoms with Crippen LogP contribution < -0.4 is 10.1 Å². The number of aromatic amines is 1. The van der Waals surface area contributed by atoms with Gasteiger partial charge in [0.1, 0.15) is 11.4 Å². The van der Waals surface area contributed by atoms with Gasteiger partial charge in [0, 0.05) is 22.7 Å². The quantitative estimate of drug-likeness (QED) is 0.722. The minimum absolute atomic E-state index is 0.299. The summed E-state index contributed by atoms with van der Waals surface area (Å²) in [5, 5.41) is 3.66. The summed E-state index contributed by atoms with van der Waals surface area (Å²) < 4.78 is 9.84. The zero-order chi connectivity index (χ0) is 17.1. The van der Waals surface area contributed by atoms with E-state index in [1.165, 1.54) is 7.11 Å². The molecule has 0 unspecified atom stereocenters. The molecule has 122 valence electrons. The van der Waals surface area contributed by atoms with Crippen LogP contribution >= 0.6 is 0 Å². The molecule has 0 aliphatic rings. The maximum Gasteiger partial charge on any atom is 0.337 e. The number of aromatic nitrogens is 1. The molecule has 3 aromatic rings. The Bertz CT molecular complexity index is 914. The number of hydrogen-bond donors (Lipinski definition) is 2. The number of amides is 1. The fourth-order valence-electron chi connectivity index (χ4n) is 2.40. The third-order valence-corrected chi connectivity index (χ3v) is 3.62. The van der Waals surface area contributed by atoms with Gasteiger partial charge in [0.2, 0.25) is 0 Å². The number of hydrogen-bond acceptors (Lipinski definition) is 4. The molecule has 0 bridgehead atoms. The van der Waals surface area contributed by atoms with Crippen molar-refractivity contribution >= 4 is 28.5 Å². The summed E-state index contributed by atoms with van der Waals surface area (Å²) in [5.41, 5.74) is 2.11. The summed E-state index contributed by atoms with van der Waals surface area (Å²) in [6.45, 7) is 0. The van der Waals surface area contributed by atoms with Gasteiger partial charge in [-0.05, 0) is 36.4 Å². The average Bonchev–Trinajstić information content (AvgIpc) is 3.04. The Morgan fingerprint density at radius 3 is 2.62 bits per heavy atom. The SMILES string of the molecule is COC(=O)c1cccc(NC(=O)c2cc3ccc(OC)cc3[nH]2)c1. The van der Waals surface area contributed by atoms with Gasteiger partial charge in [0.15, 0.2) is 0 Å². The highest BCUT2D eigenvalue weighted by Crippen LogP contribution is 2.22. The third kappa shape index (κ3) is 3.08. The van der Waals surface area contributed by atoms with Crippen LogP contribution in [0.3, 0.4) is 0 Å². The molecule has 0 saturated heterocycles. The van der Waals surface area contributed by atoms with E-state index >= 15 is 0 Å². The number of carbonyl (C=O) groups excluding carboxylic acids is 2. The number of ether oxygens (including phenoxy) is 2. The molecule has 24 heavy (non-hydrogen) atoms. The Labute approximate surface area is 138 Å². The molecule has 6 nitrogen and oxygen atoms in total. The molecule has 1 heterocycles. The number of esters is 1. The molecule has 3 rings (SSSR count). The second-order valence-corrected chi connectivity index (χ2v) is 5.16. The smallest absolute Gasteiger partial charge is 0.337 e. The number of benzene rings is 2. The van der Waals surface area contributed by atoms with E-state index in [2.05, 4.69) is 15.0 Å². The Balaban J connectivity index is 1.83. The first-order valence-corrected chi connectivity index (χ1v) is 7.27. The molecule has 6 heteroatoms. The summed E-state index contributed by atoms with van der Waals surface area (Å²) in [6, 6.07) is 13.9. The molecule has 2 aromatic carbocycles. The van der Waals surface area contributed by atoms with Crippen molar-refractivity contribution in [2.45, 2.75) is 0 Å². The van der Waals surface area contributed by atoms with Crippen LogP contribution in [0.2, 0.25) is 0 Å². The minimum atomic E-state index is -0.455. The lowest BCUT2D eigenvalue weighted by molar-refractivity contribution is 0.0600. The van der Waals surface area contributed by atoms with Crippen LogP contribution in [-0.4, -0.2) is 31.1 Å². The first-order chi connectivity index (χ1) is 11.6. The van der Waals surface area contributed by atoms with Crippen molar-refractivity contribution < 1.29 is 19.1 Å². The molecule has 1 amide bonds. The van der Waals surface area contributed by atoms with Crippen molar-refractivity contribution in [2.24, 2.45) is 0 Å². The molecule has 0 fully saturated rings. The zero-order valence-corrected chi connectivity index (χ0v) is 13.3. The van der Waals surface area contributed by atoms with Gasteiger partial charge in [0.25, 0.3) is 5.91 Å². The Morgan fingerprint density at radius 1 is 1.04 bits per heavy atom. The molecule has 0 atom stereocenters. The van der Waals surface area contributed by atoms with E-state index in [9.17, 15) is 9.59 Å². The molecule has 0 radical (unpaired) electrons. The molecule has 0 saturated carbocycles. The summed E-state index contributed by atoms with van der Waals surface area (Å²) in [6.07, 6.45) is 0. The predicted molar refractivity (Wildman–Crippen MR) is 90.6 cm³/mol. The van der Waals surface area contributed by atoms with Gasteiger partial charge in [-0.2, -0.15) is 0 Å². The van der Waals surface area contributed by atoms with Gasteiger partial charge < -0.3 is 19.8 Å². The zero-order valence-electron chi connectivity index (χ0n) is 13.3. The van der Waals surface area contributed by atoms with E-state index in [1.54, 1.807) is 37.4 Å². The van der Waals surface area contributed by atoms with E-state index in [0.717, 1.165) is 10.9 Å². The van der Waals surface area contributed by atoms with Gasteiger partial charge >= 0.3 is 5.97 Å². The maximum atomic E-state index is 12.4. The van der Waals surface area contributed by atoms with Crippen LogP contribution in [0.4, 0.5) is 5.69 Å². The summed E-state index contributed by atoms with van der Waals surface area (Å²) in [5.74, 6) is -0.0434. The number of nitrogens with one attached hydrogen (secondary N) is 2. The van der Waals surface area contributed by atoms with Crippen molar-refractivity contribution in [3.8, 4) is 5.75 Å². The van der Waals surface area contributed by atoms with Gasteiger partial charge in [-0.3, -0.25) is 4.79 Å². The van der Waals surface area contributed by atoms with Crippen LogP contribution in [0, 0.1) is 0 Å². The normalized spacial score (nSPS) is 10.4. The molecule has 0 aliphatic carbocycles. The molecular weight excluding hydrogens is 308 g/mol. The van der Waals surface area contributed by atoms with Crippen molar-refractivity contribution in [1.29, 1.82) is 0 Å². The lowest BCUT2D eigenvalue weighted by Crippen LogP contribution is -2.12.